The van der Waals surface area contributed by atoms with Crippen molar-refractivity contribution < 1.29 is 14.3 Å². The van der Waals surface area contributed by atoms with Crippen molar-refractivity contribution in [3.63, 3.8) is 0 Å². The summed E-state index contributed by atoms with van der Waals surface area (Å²) in [6.07, 6.45) is 3.05. The molecule has 0 spiro atoms. The fraction of sp³-hybridized carbons (Fsp3) is 0.611. The van der Waals surface area contributed by atoms with Gasteiger partial charge >= 0.3 is 6.03 Å². The van der Waals surface area contributed by atoms with E-state index in [4.69, 9.17) is 9.47 Å². The lowest BCUT2D eigenvalue weighted by molar-refractivity contribution is 0.0682. The van der Waals surface area contributed by atoms with Gasteiger partial charge < -0.3 is 25.4 Å². The highest BCUT2D eigenvalue weighted by molar-refractivity contribution is 5.74. The number of hydrogen-bond donors (Lipinski definition) is 3. The summed E-state index contributed by atoms with van der Waals surface area (Å²) in [4.78, 5) is 20.7. The van der Waals surface area contributed by atoms with Gasteiger partial charge in [-0.2, -0.15) is 0 Å². The van der Waals surface area contributed by atoms with Crippen molar-refractivity contribution in [3.05, 3.63) is 30.6 Å². The number of nitrogens with one attached hydrogen (secondary N) is 3. The maximum atomic E-state index is 11.8. The lowest BCUT2D eigenvalue weighted by Crippen LogP contribution is -2.48. The van der Waals surface area contributed by atoms with Crippen molar-refractivity contribution in [1.82, 2.24) is 20.6 Å². The Morgan fingerprint density at radius 2 is 2.00 bits per heavy atom. The minimum absolute atomic E-state index is 0.0498. The summed E-state index contributed by atoms with van der Waals surface area (Å²) in [7, 11) is 0. The number of rotatable bonds is 5. The van der Waals surface area contributed by atoms with Gasteiger partial charge in [-0.05, 0) is 6.07 Å². The molecular formula is C18H27N5O3. The van der Waals surface area contributed by atoms with Gasteiger partial charge in [-0.25, -0.2) is 14.8 Å². The molecule has 0 radical (unpaired) electrons. The summed E-state index contributed by atoms with van der Waals surface area (Å²) in [5, 5.41) is 8.91. The zero-order chi connectivity index (χ0) is 18.7. The fourth-order valence-corrected chi connectivity index (χ4v) is 3.14. The normalized spacial score (nSPS) is 27.7. The van der Waals surface area contributed by atoms with Crippen LogP contribution in [0.3, 0.4) is 0 Å². The third-order valence-electron chi connectivity index (χ3n) is 4.52. The number of nitrogens with zero attached hydrogens (tertiary/aromatic N) is 2. The number of ether oxygens (including phenoxy) is 2. The lowest BCUT2D eigenvalue weighted by atomic mass is 9.92. The average Bonchev–Trinajstić information content (AvgIpc) is 3.16. The topological polar surface area (TPSA) is 97.4 Å². The van der Waals surface area contributed by atoms with E-state index in [-0.39, 0.29) is 35.7 Å². The van der Waals surface area contributed by atoms with Gasteiger partial charge in [0.25, 0.3) is 0 Å². The van der Waals surface area contributed by atoms with Crippen molar-refractivity contribution in [2.75, 3.05) is 25.1 Å². The molecule has 142 valence electrons. The van der Waals surface area contributed by atoms with E-state index >= 15 is 0 Å². The van der Waals surface area contributed by atoms with E-state index in [0.717, 1.165) is 5.69 Å². The van der Waals surface area contributed by atoms with Crippen LogP contribution in [-0.2, 0) is 14.9 Å². The Morgan fingerprint density at radius 3 is 2.69 bits per heavy atom. The Balaban J connectivity index is 1.60. The van der Waals surface area contributed by atoms with Gasteiger partial charge in [0.2, 0.25) is 5.95 Å². The summed E-state index contributed by atoms with van der Waals surface area (Å²) < 4.78 is 11.7. The number of urea groups is 1. The molecule has 0 aromatic carbocycles. The van der Waals surface area contributed by atoms with Crippen LogP contribution in [0, 0.1) is 0 Å². The molecule has 3 N–H and O–H groups in total. The summed E-state index contributed by atoms with van der Waals surface area (Å²) in [5.41, 5.74) is 0.919. The summed E-state index contributed by atoms with van der Waals surface area (Å²) in [5.74, 6) is 0.565. The molecule has 8 nitrogen and oxygen atoms in total. The summed E-state index contributed by atoms with van der Waals surface area (Å²) in [6, 6.07) is 1.43. The summed E-state index contributed by atoms with van der Waals surface area (Å²) in [6.45, 7) is 11.2. The molecule has 1 aromatic rings. The van der Waals surface area contributed by atoms with Crippen LogP contribution in [0.2, 0.25) is 0 Å². The van der Waals surface area contributed by atoms with Gasteiger partial charge in [0.15, 0.2) is 0 Å². The van der Waals surface area contributed by atoms with Crippen LogP contribution in [0.25, 0.3) is 0 Å². The molecule has 2 aliphatic heterocycles. The molecule has 8 heteroatoms. The smallest absolute Gasteiger partial charge is 0.315 e. The number of aromatic nitrogens is 2. The number of carbonyl (C=O) groups excluding carboxylic acids is 1. The molecular weight excluding hydrogens is 334 g/mol. The van der Waals surface area contributed by atoms with Crippen molar-refractivity contribution in [3.8, 4) is 0 Å². The Hall–Kier alpha value is -2.19. The second-order valence-electron chi connectivity index (χ2n) is 7.61. The van der Waals surface area contributed by atoms with Crippen molar-refractivity contribution >= 4 is 12.0 Å². The molecule has 0 bridgehead atoms. The molecule has 26 heavy (non-hydrogen) atoms. The Morgan fingerprint density at radius 1 is 1.31 bits per heavy atom. The molecule has 0 unspecified atom stereocenters. The van der Waals surface area contributed by atoms with Gasteiger partial charge in [0.1, 0.15) is 12.2 Å². The second-order valence-corrected chi connectivity index (χ2v) is 7.61. The van der Waals surface area contributed by atoms with Gasteiger partial charge in [-0.15, -0.1) is 6.58 Å². The lowest BCUT2D eigenvalue weighted by Gasteiger charge is -2.21. The van der Waals surface area contributed by atoms with Crippen molar-refractivity contribution in [2.45, 2.75) is 50.5 Å². The van der Waals surface area contributed by atoms with E-state index in [1.54, 1.807) is 12.3 Å². The Labute approximate surface area is 153 Å². The molecule has 0 saturated carbocycles. The van der Waals surface area contributed by atoms with Gasteiger partial charge in [-0.1, -0.05) is 26.8 Å². The minimum Gasteiger partial charge on any atom is -0.371 e. The summed E-state index contributed by atoms with van der Waals surface area (Å²) >= 11 is 0. The van der Waals surface area contributed by atoms with Gasteiger partial charge in [-0.3, -0.25) is 0 Å². The van der Waals surface area contributed by atoms with Crippen LogP contribution in [0.5, 0.6) is 0 Å². The van der Waals surface area contributed by atoms with E-state index in [1.807, 2.05) is 6.07 Å². The number of amides is 2. The molecule has 2 fully saturated rings. The molecule has 0 aliphatic carbocycles. The number of carbonyl (C=O) groups is 1. The zero-order valence-corrected chi connectivity index (χ0v) is 15.5. The predicted octanol–water partition coefficient (Wildman–Crippen LogP) is 1.21. The van der Waals surface area contributed by atoms with Crippen molar-refractivity contribution in [1.29, 1.82) is 0 Å². The molecule has 3 rings (SSSR count). The maximum absolute atomic E-state index is 11.8. The van der Waals surface area contributed by atoms with Crippen LogP contribution in [-0.4, -0.2) is 60.0 Å². The minimum atomic E-state index is -0.250. The first-order chi connectivity index (χ1) is 12.4. The Kier molecular flexibility index (Phi) is 5.43. The number of fused-ring (bicyclic) bond motifs is 1. The van der Waals surface area contributed by atoms with E-state index in [0.29, 0.717) is 25.7 Å². The molecule has 4 atom stereocenters. The van der Waals surface area contributed by atoms with E-state index in [2.05, 4.69) is 53.3 Å². The van der Waals surface area contributed by atoms with Gasteiger partial charge in [0.05, 0.1) is 31.0 Å². The van der Waals surface area contributed by atoms with Crippen LogP contribution in [0.4, 0.5) is 10.7 Å². The van der Waals surface area contributed by atoms with E-state index in [9.17, 15) is 4.79 Å². The highest BCUT2D eigenvalue weighted by atomic mass is 16.6. The third-order valence-corrected chi connectivity index (χ3v) is 4.52. The van der Waals surface area contributed by atoms with Gasteiger partial charge in [0, 0.05) is 18.2 Å². The first-order valence-electron chi connectivity index (χ1n) is 8.87. The quantitative estimate of drug-likeness (QED) is 0.682. The standard InChI is InChI=1S/C18H27N5O3/c1-5-7-20-17(24)22-12-10-26-14-11(9-25-15(12)14)21-16-19-8-6-13(23-16)18(2,3)4/h5-6,8,11-12,14-15H,1,7,9-10H2,2-4H3,(H,19,21,23)(H2,20,22,24)/t11-,12-,14+,15+/m0/s1. The number of anilines is 1. The molecule has 2 saturated heterocycles. The Bertz CT molecular complexity index is 660. The molecule has 3 heterocycles. The van der Waals surface area contributed by atoms with Crippen LogP contribution in [0.1, 0.15) is 26.5 Å². The second kappa shape index (κ2) is 7.59. The van der Waals surface area contributed by atoms with Crippen LogP contribution in [0.15, 0.2) is 24.9 Å². The van der Waals surface area contributed by atoms with E-state index in [1.165, 1.54) is 0 Å². The van der Waals surface area contributed by atoms with E-state index < -0.39 is 0 Å². The first kappa shape index (κ1) is 18.6. The fourth-order valence-electron chi connectivity index (χ4n) is 3.14. The van der Waals surface area contributed by atoms with Crippen LogP contribution < -0.4 is 16.0 Å². The SMILES string of the molecule is C=CCNC(=O)N[C@H]1CO[C@H]2[C@@H]1OC[C@@H]2Nc1nccc(C(C)(C)C)n1. The maximum Gasteiger partial charge on any atom is 0.315 e. The number of hydrogen-bond acceptors (Lipinski definition) is 6. The predicted molar refractivity (Wildman–Crippen MR) is 98.1 cm³/mol. The monoisotopic (exact) mass is 361 g/mol. The highest BCUT2D eigenvalue weighted by Gasteiger charge is 2.48. The van der Waals surface area contributed by atoms with Crippen molar-refractivity contribution in [2.24, 2.45) is 0 Å². The largest absolute Gasteiger partial charge is 0.371 e. The molecule has 1 aromatic heterocycles. The van der Waals surface area contributed by atoms with Crippen LogP contribution >= 0.6 is 0 Å². The molecule has 2 amide bonds. The highest BCUT2D eigenvalue weighted by Crippen LogP contribution is 2.29. The first-order valence-corrected chi connectivity index (χ1v) is 8.87. The average molecular weight is 361 g/mol. The third kappa shape index (κ3) is 4.13. The zero-order valence-electron chi connectivity index (χ0n) is 15.5. The molecule has 2 aliphatic rings.